The highest BCUT2D eigenvalue weighted by Gasteiger charge is 2.24. The van der Waals surface area contributed by atoms with E-state index in [0.29, 0.717) is 6.42 Å². The van der Waals surface area contributed by atoms with Gasteiger partial charge in [0.05, 0.1) is 19.0 Å². The van der Waals surface area contributed by atoms with Crippen molar-refractivity contribution in [3.63, 3.8) is 0 Å². The summed E-state index contributed by atoms with van der Waals surface area (Å²) in [6, 6.07) is 13.1. The van der Waals surface area contributed by atoms with Crippen LogP contribution < -0.4 is 10.5 Å². The van der Waals surface area contributed by atoms with Gasteiger partial charge in [-0.1, -0.05) is 38.1 Å². The summed E-state index contributed by atoms with van der Waals surface area (Å²) in [7, 11) is 0. The number of anilines is 1. The van der Waals surface area contributed by atoms with E-state index in [0.717, 1.165) is 82.0 Å². The summed E-state index contributed by atoms with van der Waals surface area (Å²) in [5.41, 5.74) is 15.9. The predicted molar refractivity (Wildman–Crippen MR) is 166 cm³/mol. The van der Waals surface area contributed by atoms with Crippen LogP contribution in [0.2, 0.25) is 0 Å². The number of nitrogen functional groups attached to an aromatic ring is 1. The van der Waals surface area contributed by atoms with E-state index in [1.165, 1.54) is 39.0 Å². The number of hydrogen-bond acceptors (Lipinski definition) is 4. The van der Waals surface area contributed by atoms with Crippen molar-refractivity contribution in [1.82, 2.24) is 4.90 Å². The molecule has 1 aliphatic heterocycles. The van der Waals surface area contributed by atoms with Crippen molar-refractivity contribution in [2.45, 2.75) is 78.7 Å². The van der Waals surface area contributed by atoms with Crippen LogP contribution >= 0.6 is 0 Å². The number of rotatable bonds is 12. The number of ether oxygens (including phenoxy) is 2. The zero-order chi connectivity index (χ0) is 28.5. The van der Waals surface area contributed by atoms with Crippen LogP contribution in [0.1, 0.15) is 82.1 Å². The van der Waals surface area contributed by atoms with Crippen LogP contribution in [0.3, 0.4) is 0 Å². The maximum absolute atomic E-state index is 12.6. The highest BCUT2D eigenvalue weighted by Crippen LogP contribution is 2.41. The molecule has 2 aromatic rings. The first-order valence-corrected chi connectivity index (χ1v) is 15.1. The summed E-state index contributed by atoms with van der Waals surface area (Å²) in [5.74, 6) is 1.91. The lowest BCUT2D eigenvalue weighted by Crippen LogP contribution is -2.24. The van der Waals surface area contributed by atoms with E-state index in [2.05, 4.69) is 68.2 Å². The Balaban J connectivity index is 1.68. The van der Waals surface area contributed by atoms with Crippen molar-refractivity contribution in [2.24, 2.45) is 0 Å². The van der Waals surface area contributed by atoms with Crippen molar-refractivity contribution in [1.29, 1.82) is 0 Å². The van der Waals surface area contributed by atoms with Gasteiger partial charge in [0.2, 0.25) is 0 Å². The third kappa shape index (κ3) is 7.57. The quantitative estimate of drug-likeness (QED) is 0.166. The second-order valence-electron chi connectivity index (χ2n) is 11.1. The molecule has 4 nitrogen and oxygen atoms in total. The first-order valence-electron chi connectivity index (χ1n) is 15.1. The summed E-state index contributed by atoms with van der Waals surface area (Å²) in [6.07, 6.45) is 11.1. The normalized spacial score (nSPS) is 18.6. The fourth-order valence-electron chi connectivity index (χ4n) is 5.94. The molecule has 0 spiro atoms. The Labute approximate surface area is 240 Å². The SMILES string of the molecule is CCCOc1cc(C2=C(/C(C)=C/C=C(\C)OC3CCN(CCCF)C3)c3ccc(N)cc3CCC2)ccc1CC. The molecule has 2 aromatic carbocycles. The van der Waals surface area contributed by atoms with Crippen LogP contribution in [0.15, 0.2) is 59.9 Å². The molecule has 216 valence electrons. The topological polar surface area (TPSA) is 47.7 Å². The Bertz CT molecular complexity index is 1250. The van der Waals surface area contributed by atoms with Crippen LogP contribution in [0.5, 0.6) is 5.75 Å². The molecule has 2 aliphatic rings. The molecule has 1 atom stereocenters. The average Bonchev–Trinajstić information content (AvgIpc) is 3.31. The molecule has 5 heteroatoms. The maximum atomic E-state index is 12.6. The van der Waals surface area contributed by atoms with Crippen molar-refractivity contribution in [3.8, 4) is 5.75 Å². The number of nitrogens with two attached hydrogens (primary N) is 1. The summed E-state index contributed by atoms with van der Waals surface area (Å²) < 4.78 is 25.1. The molecule has 0 saturated carbocycles. The lowest BCUT2D eigenvalue weighted by Gasteiger charge is -2.19. The number of likely N-dealkylation sites (tertiary alicyclic amines) is 1. The van der Waals surface area contributed by atoms with Crippen LogP contribution in [0, 0.1) is 0 Å². The summed E-state index contributed by atoms with van der Waals surface area (Å²) in [5, 5.41) is 0. The van der Waals surface area contributed by atoms with E-state index in [4.69, 9.17) is 15.2 Å². The van der Waals surface area contributed by atoms with Gasteiger partial charge < -0.3 is 15.2 Å². The van der Waals surface area contributed by atoms with Crippen molar-refractivity contribution in [2.75, 3.05) is 38.6 Å². The molecular formula is C35H47FN2O2. The Kier molecular flexibility index (Phi) is 10.9. The Morgan fingerprint density at radius 2 is 1.95 bits per heavy atom. The number of fused-ring (bicyclic) bond motifs is 1. The van der Waals surface area contributed by atoms with E-state index in [-0.39, 0.29) is 12.8 Å². The minimum absolute atomic E-state index is 0.166. The highest BCUT2D eigenvalue weighted by molar-refractivity contribution is 5.99. The van der Waals surface area contributed by atoms with Gasteiger partial charge in [-0.15, -0.1) is 0 Å². The summed E-state index contributed by atoms with van der Waals surface area (Å²) >= 11 is 0. The van der Waals surface area contributed by atoms with E-state index in [1.54, 1.807) is 0 Å². The number of hydrogen-bond donors (Lipinski definition) is 1. The lowest BCUT2D eigenvalue weighted by atomic mass is 9.87. The summed E-state index contributed by atoms with van der Waals surface area (Å²) in [6.45, 7) is 11.7. The largest absolute Gasteiger partial charge is 0.494 e. The first kappa shape index (κ1) is 29.9. The van der Waals surface area contributed by atoms with Crippen LogP contribution in [-0.4, -0.2) is 43.9 Å². The highest BCUT2D eigenvalue weighted by atomic mass is 19.1. The van der Waals surface area contributed by atoms with Gasteiger partial charge in [0, 0.05) is 25.3 Å². The number of aryl methyl sites for hydroxylation is 2. The maximum Gasteiger partial charge on any atom is 0.123 e. The van der Waals surface area contributed by atoms with Gasteiger partial charge in [-0.25, -0.2) is 0 Å². The molecule has 0 bridgehead atoms. The van der Waals surface area contributed by atoms with Gasteiger partial charge in [0.15, 0.2) is 0 Å². The second kappa shape index (κ2) is 14.5. The second-order valence-corrected chi connectivity index (χ2v) is 11.1. The lowest BCUT2D eigenvalue weighted by molar-refractivity contribution is 0.121. The Hall–Kier alpha value is -3.05. The number of nitrogens with zero attached hydrogens (tertiary/aromatic N) is 1. The molecule has 1 aliphatic carbocycles. The third-order valence-electron chi connectivity index (χ3n) is 7.98. The Morgan fingerprint density at radius 3 is 2.73 bits per heavy atom. The van der Waals surface area contributed by atoms with Crippen molar-refractivity contribution in [3.05, 3.63) is 82.1 Å². The molecule has 4 rings (SSSR count). The molecule has 1 unspecified atom stereocenters. The van der Waals surface area contributed by atoms with Crippen LogP contribution in [0.25, 0.3) is 11.1 Å². The number of halogens is 1. The molecule has 40 heavy (non-hydrogen) atoms. The van der Waals surface area contributed by atoms with Crippen LogP contribution in [0.4, 0.5) is 10.1 Å². The predicted octanol–water partition coefficient (Wildman–Crippen LogP) is 8.17. The third-order valence-corrected chi connectivity index (χ3v) is 7.98. The van der Waals surface area contributed by atoms with E-state index >= 15 is 0 Å². The van der Waals surface area contributed by atoms with E-state index in [9.17, 15) is 4.39 Å². The minimum Gasteiger partial charge on any atom is -0.494 e. The number of allylic oxidation sites excluding steroid dienone is 6. The zero-order valence-corrected chi connectivity index (χ0v) is 24.9. The molecule has 2 N–H and O–H groups in total. The van der Waals surface area contributed by atoms with Gasteiger partial charge in [-0.2, -0.15) is 0 Å². The minimum atomic E-state index is -0.256. The molecule has 1 saturated heterocycles. The molecule has 1 fully saturated rings. The molecule has 0 aromatic heterocycles. The van der Waals surface area contributed by atoms with Gasteiger partial charge in [0.1, 0.15) is 11.9 Å². The van der Waals surface area contributed by atoms with Crippen molar-refractivity contribution >= 4 is 16.8 Å². The fraction of sp³-hybridized carbons (Fsp3) is 0.486. The van der Waals surface area contributed by atoms with Gasteiger partial charge in [-0.05, 0) is 122 Å². The molecule has 0 amide bonds. The standard InChI is InChI=1S/C35H47FN2O2/c1-5-21-39-34-23-29(14-13-27(34)6-2)32-10-7-9-28-22-30(37)15-16-33(28)35(32)25(3)11-12-26(4)40-31-17-20-38(24-31)19-8-18-36/h11-16,22-23,31H,5-10,17-21,24,37H2,1-4H3/b25-11+,26-12+. The summed E-state index contributed by atoms with van der Waals surface area (Å²) in [4.78, 5) is 2.30. The monoisotopic (exact) mass is 546 g/mol. The number of benzene rings is 2. The van der Waals surface area contributed by atoms with Gasteiger partial charge in [-0.3, -0.25) is 9.29 Å². The molecule has 0 radical (unpaired) electrons. The Morgan fingerprint density at radius 1 is 1.10 bits per heavy atom. The van der Waals surface area contributed by atoms with E-state index in [1.807, 2.05) is 13.0 Å². The van der Waals surface area contributed by atoms with E-state index < -0.39 is 0 Å². The van der Waals surface area contributed by atoms with Crippen molar-refractivity contribution < 1.29 is 13.9 Å². The fourth-order valence-corrected chi connectivity index (χ4v) is 5.94. The zero-order valence-electron chi connectivity index (χ0n) is 24.9. The number of alkyl halides is 1. The molecular weight excluding hydrogens is 499 g/mol. The smallest absolute Gasteiger partial charge is 0.123 e. The van der Waals surface area contributed by atoms with Crippen LogP contribution in [-0.2, 0) is 17.6 Å². The first-order chi connectivity index (χ1) is 19.4. The van der Waals surface area contributed by atoms with Gasteiger partial charge >= 0.3 is 0 Å². The average molecular weight is 547 g/mol. The molecule has 1 heterocycles. The van der Waals surface area contributed by atoms with Gasteiger partial charge in [0.25, 0.3) is 0 Å².